The first-order valence-electron chi connectivity index (χ1n) is 11.1. The Morgan fingerprint density at radius 3 is 2.32 bits per heavy atom. The standard InChI is InChI=1S/C23H33F3N4O4/c1-21(2,3)12-17(31)30-11-7-8-14(13-30)27-16-10-9-15(18(32)23(24,25)26)19(28-16)29-20(33)34-22(4,5)6/h9-10,14H,7-8,11-13H2,1-6H3,(H2,27,28,29,33). The maximum absolute atomic E-state index is 13.1. The molecular weight excluding hydrogens is 453 g/mol. The molecule has 190 valence electrons. The molecule has 1 fully saturated rings. The zero-order valence-corrected chi connectivity index (χ0v) is 20.4. The summed E-state index contributed by atoms with van der Waals surface area (Å²) >= 11 is 0. The first-order chi connectivity index (χ1) is 15.4. The minimum absolute atomic E-state index is 0.0327. The second-order valence-electron chi connectivity index (χ2n) is 10.6. The number of alkyl halides is 3. The number of hydrogen-bond donors (Lipinski definition) is 2. The van der Waals surface area contributed by atoms with Gasteiger partial charge in [-0.2, -0.15) is 13.2 Å². The van der Waals surface area contributed by atoms with Gasteiger partial charge in [-0.15, -0.1) is 0 Å². The van der Waals surface area contributed by atoms with Gasteiger partial charge in [-0.25, -0.2) is 9.78 Å². The van der Waals surface area contributed by atoms with Crippen molar-refractivity contribution in [3.05, 3.63) is 17.7 Å². The molecule has 0 aromatic carbocycles. The summed E-state index contributed by atoms with van der Waals surface area (Å²) in [4.78, 5) is 42.4. The molecule has 11 heteroatoms. The zero-order valence-electron chi connectivity index (χ0n) is 20.4. The third kappa shape index (κ3) is 8.49. The largest absolute Gasteiger partial charge is 0.455 e. The molecule has 2 amide bonds. The zero-order chi connectivity index (χ0) is 25.9. The van der Waals surface area contributed by atoms with E-state index in [0.717, 1.165) is 18.9 Å². The Hall–Kier alpha value is -2.85. The summed E-state index contributed by atoms with van der Waals surface area (Å²) in [6.07, 6.45) is -4.31. The van der Waals surface area contributed by atoms with Gasteiger partial charge in [0.15, 0.2) is 0 Å². The van der Waals surface area contributed by atoms with Crippen molar-refractivity contribution in [2.75, 3.05) is 23.7 Å². The highest BCUT2D eigenvalue weighted by Gasteiger charge is 2.41. The number of amides is 2. The van der Waals surface area contributed by atoms with Gasteiger partial charge in [-0.1, -0.05) is 20.8 Å². The molecule has 1 atom stereocenters. The molecule has 34 heavy (non-hydrogen) atoms. The van der Waals surface area contributed by atoms with E-state index in [-0.39, 0.29) is 23.2 Å². The lowest BCUT2D eigenvalue weighted by Gasteiger charge is -2.35. The number of ether oxygens (including phenoxy) is 1. The van der Waals surface area contributed by atoms with Gasteiger partial charge < -0.3 is 15.0 Å². The first kappa shape index (κ1) is 27.4. The van der Waals surface area contributed by atoms with Crippen molar-refractivity contribution >= 4 is 29.4 Å². The van der Waals surface area contributed by atoms with Gasteiger partial charge in [0.2, 0.25) is 5.91 Å². The molecule has 2 N–H and O–H groups in total. The van der Waals surface area contributed by atoms with E-state index < -0.39 is 35.0 Å². The van der Waals surface area contributed by atoms with Crippen LogP contribution < -0.4 is 10.6 Å². The number of nitrogens with zero attached hydrogens (tertiary/aromatic N) is 2. The highest BCUT2D eigenvalue weighted by molar-refractivity contribution is 6.06. The number of rotatable bonds is 5. The molecule has 0 aliphatic carbocycles. The number of Topliss-reactive ketones (excluding diaryl/α,β-unsaturated/α-hetero) is 1. The molecule has 2 heterocycles. The quantitative estimate of drug-likeness (QED) is 0.568. The van der Waals surface area contributed by atoms with Gasteiger partial charge in [0, 0.05) is 25.6 Å². The van der Waals surface area contributed by atoms with Crippen LogP contribution in [0.4, 0.5) is 29.6 Å². The summed E-state index contributed by atoms with van der Waals surface area (Å²) in [5, 5.41) is 5.26. The highest BCUT2D eigenvalue weighted by atomic mass is 19.4. The molecule has 1 aromatic rings. The fourth-order valence-electron chi connectivity index (χ4n) is 3.47. The molecule has 2 rings (SSSR count). The van der Waals surface area contributed by atoms with Crippen molar-refractivity contribution in [3.63, 3.8) is 0 Å². The number of aromatic nitrogens is 1. The normalized spacial score (nSPS) is 17.2. The van der Waals surface area contributed by atoms with Crippen molar-refractivity contribution in [3.8, 4) is 0 Å². The minimum atomic E-state index is -5.14. The monoisotopic (exact) mass is 486 g/mol. The Morgan fingerprint density at radius 1 is 1.12 bits per heavy atom. The Balaban J connectivity index is 2.22. The number of carbonyl (C=O) groups excluding carboxylic acids is 3. The molecule has 1 saturated heterocycles. The van der Waals surface area contributed by atoms with Crippen LogP contribution in [0, 0.1) is 5.41 Å². The maximum atomic E-state index is 13.1. The van der Waals surface area contributed by atoms with E-state index in [0.29, 0.717) is 19.5 Å². The van der Waals surface area contributed by atoms with E-state index in [4.69, 9.17) is 4.74 Å². The number of ketones is 1. The van der Waals surface area contributed by atoms with Crippen molar-refractivity contribution in [1.82, 2.24) is 9.88 Å². The van der Waals surface area contributed by atoms with Gasteiger partial charge in [-0.3, -0.25) is 14.9 Å². The molecule has 1 aliphatic heterocycles. The van der Waals surface area contributed by atoms with Crippen LogP contribution in [0.3, 0.4) is 0 Å². The van der Waals surface area contributed by atoms with Gasteiger partial charge in [-0.05, 0) is 51.2 Å². The van der Waals surface area contributed by atoms with Crippen molar-refractivity contribution in [1.29, 1.82) is 0 Å². The van der Waals surface area contributed by atoms with Crippen LogP contribution in [0.2, 0.25) is 0 Å². The second-order valence-corrected chi connectivity index (χ2v) is 10.6. The van der Waals surface area contributed by atoms with Crippen LogP contribution >= 0.6 is 0 Å². The van der Waals surface area contributed by atoms with Gasteiger partial charge >= 0.3 is 12.3 Å². The molecular formula is C23H33F3N4O4. The maximum Gasteiger partial charge on any atom is 0.455 e. The van der Waals surface area contributed by atoms with Crippen LogP contribution in [-0.4, -0.2) is 58.6 Å². The number of anilines is 2. The summed E-state index contributed by atoms with van der Waals surface area (Å²) in [5.74, 6) is -2.49. The number of halogens is 3. The van der Waals surface area contributed by atoms with E-state index in [2.05, 4.69) is 15.6 Å². The predicted molar refractivity (Wildman–Crippen MR) is 122 cm³/mol. The first-order valence-corrected chi connectivity index (χ1v) is 11.1. The van der Waals surface area contributed by atoms with E-state index in [1.807, 2.05) is 20.8 Å². The minimum Gasteiger partial charge on any atom is -0.444 e. The van der Waals surface area contributed by atoms with Crippen LogP contribution in [0.1, 0.15) is 71.2 Å². The molecule has 0 saturated carbocycles. The van der Waals surface area contributed by atoms with Crippen LogP contribution in [0.25, 0.3) is 0 Å². The molecule has 1 aromatic heterocycles. The van der Waals surface area contributed by atoms with E-state index in [1.165, 1.54) is 6.07 Å². The van der Waals surface area contributed by atoms with Gasteiger partial charge in [0.25, 0.3) is 5.78 Å². The number of piperidine rings is 1. The average Bonchev–Trinajstić information content (AvgIpc) is 2.64. The molecule has 1 aliphatic rings. The van der Waals surface area contributed by atoms with Crippen molar-refractivity contribution in [2.24, 2.45) is 5.41 Å². The number of nitrogens with one attached hydrogen (secondary N) is 2. The summed E-state index contributed by atoms with van der Waals surface area (Å²) in [6, 6.07) is 2.02. The predicted octanol–water partition coefficient (Wildman–Crippen LogP) is 5.01. The Morgan fingerprint density at radius 2 is 1.76 bits per heavy atom. The van der Waals surface area contributed by atoms with Crippen LogP contribution in [0.15, 0.2) is 12.1 Å². The molecule has 0 spiro atoms. The van der Waals surface area contributed by atoms with Crippen molar-refractivity contribution < 1.29 is 32.3 Å². The Kier molecular flexibility index (Phi) is 8.21. The number of hydrogen-bond acceptors (Lipinski definition) is 6. The average molecular weight is 487 g/mol. The fourth-order valence-corrected chi connectivity index (χ4v) is 3.47. The summed E-state index contributed by atoms with van der Waals surface area (Å²) < 4.78 is 44.3. The lowest BCUT2D eigenvalue weighted by Crippen LogP contribution is -2.46. The molecule has 0 bridgehead atoms. The third-order valence-electron chi connectivity index (χ3n) is 4.82. The lowest BCUT2D eigenvalue weighted by atomic mass is 9.91. The molecule has 0 radical (unpaired) electrons. The van der Waals surface area contributed by atoms with Crippen LogP contribution in [-0.2, 0) is 9.53 Å². The number of carbonyl (C=O) groups is 3. The van der Waals surface area contributed by atoms with Gasteiger partial charge in [0.1, 0.15) is 17.2 Å². The molecule has 1 unspecified atom stereocenters. The SMILES string of the molecule is CC(C)(C)CC(=O)N1CCCC(Nc2ccc(C(=O)C(F)(F)F)c(NC(=O)OC(C)(C)C)n2)C1. The fraction of sp³-hybridized carbons (Fsp3) is 0.652. The second kappa shape index (κ2) is 10.2. The van der Waals surface area contributed by atoms with Crippen LogP contribution in [0.5, 0.6) is 0 Å². The Bertz CT molecular complexity index is 920. The number of likely N-dealkylation sites (tertiary alicyclic amines) is 1. The topological polar surface area (TPSA) is 101 Å². The molecule has 8 nitrogen and oxygen atoms in total. The third-order valence-corrected chi connectivity index (χ3v) is 4.82. The smallest absolute Gasteiger partial charge is 0.444 e. The Labute approximate surface area is 197 Å². The van der Waals surface area contributed by atoms with E-state index >= 15 is 0 Å². The number of pyridine rings is 1. The lowest BCUT2D eigenvalue weighted by molar-refractivity contribution is -0.134. The van der Waals surface area contributed by atoms with E-state index in [1.54, 1.807) is 25.7 Å². The summed E-state index contributed by atoms with van der Waals surface area (Å²) in [5.41, 5.74) is -1.85. The highest BCUT2D eigenvalue weighted by Crippen LogP contribution is 2.28. The van der Waals surface area contributed by atoms with Gasteiger partial charge in [0.05, 0.1) is 5.56 Å². The summed E-state index contributed by atoms with van der Waals surface area (Å²) in [7, 11) is 0. The van der Waals surface area contributed by atoms with Crippen molar-refractivity contribution in [2.45, 2.75) is 78.6 Å². The summed E-state index contributed by atoms with van der Waals surface area (Å²) in [6.45, 7) is 11.8. The van der Waals surface area contributed by atoms with E-state index in [9.17, 15) is 27.6 Å².